The first-order valence-corrected chi connectivity index (χ1v) is 7.89. The van der Waals surface area contributed by atoms with Crippen LogP contribution >= 0.6 is 0 Å². The summed E-state index contributed by atoms with van der Waals surface area (Å²) in [5, 5.41) is 3.33. The van der Waals surface area contributed by atoms with Crippen LogP contribution in [0.2, 0.25) is 0 Å². The van der Waals surface area contributed by atoms with Gasteiger partial charge >= 0.3 is 0 Å². The second-order valence-corrected chi connectivity index (χ2v) is 5.85. The minimum absolute atomic E-state index is 0.0437. The van der Waals surface area contributed by atoms with Crippen molar-refractivity contribution < 1.29 is 4.39 Å². The molecule has 1 aliphatic rings. The predicted molar refractivity (Wildman–Crippen MR) is 83.8 cm³/mol. The van der Waals surface area contributed by atoms with Gasteiger partial charge in [-0.25, -0.2) is 4.39 Å². The molecular formula is C17H27FN2. The summed E-state index contributed by atoms with van der Waals surface area (Å²) in [6.45, 7) is 4.95. The Morgan fingerprint density at radius 1 is 1.30 bits per heavy atom. The summed E-state index contributed by atoms with van der Waals surface area (Å²) in [7, 11) is 2.12. The van der Waals surface area contributed by atoms with Crippen LogP contribution in [-0.2, 0) is 0 Å². The zero-order chi connectivity index (χ0) is 14.5. The Balaban J connectivity index is 2.27. The average molecular weight is 278 g/mol. The molecule has 1 N–H and O–H groups in total. The molecule has 1 aromatic carbocycles. The summed E-state index contributed by atoms with van der Waals surface area (Å²) in [4.78, 5) is 2.30. The van der Waals surface area contributed by atoms with E-state index in [9.17, 15) is 4.39 Å². The van der Waals surface area contributed by atoms with Gasteiger partial charge in [-0.15, -0.1) is 0 Å². The number of nitrogens with one attached hydrogen (secondary N) is 1. The largest absolute Gasteiger partial charge is 0.371 e. The summed E-state index contributed by atoms with van der Waals surface area (Å²) in [5.74, 6) is -0.0985. The number of anilines is 1. The molecule has 1 aliphatic carbocycles. The first-order valence-electron chi connectivity index (χ1n) is 7.89. The van der Waals surface area contributed by atoms with Crippen molar-refractivity contribution in [3.63, 3.8) is 0 Å². The molecule has 0 aromatic heterocycles. The van der Waals surface area contributed by atoms with Crippen LogP contribution in [0.25, 0.3) is 0 Å². The molecule has 112 valence electrons. The Bertz CT molecular complexity index is 427. The van der Waals surface area contributed by atoms with Gasteiger partial charge in [0.15, 0.2) is 0 Å². The van der Waals surface area contributed by atoms with Crippen molar-refractivity contribution in [2.45, 2.75) is 58.0 Å². The number of nitrogens with zero attached hydrogens (tertiary/aromatic N) is 1. The van der Waals surface area contributed by atoms with Crippen LogP contribution in [0, 0.1) is 5.82 Å². The van der Waals surface area contributed by atoms with E-state index in [4.69, 9.17) is 0 Å². The van der Waals surface area contributed by atoms with Gasteiger partial charge in [0.1, 0.15) is 5.82 Å². The molecule has 0 heterocycles. The Morgan fingerprint density at radius 2 is 2.00 bits per heavy atom. The number of rotatable bonds is 5. The van der Waals surface area contributed by atoms with Gasteiger partial charge in [0.25, 0.3) is 0 Å². The summed E-state index contributed by atoms with van der Waals surface area (Å²) in [6.07, 6.45) is 6.38. The molecule has 2 rings (SSSR count). The maximum atomic E-state index is 14.3. The molecule has 0 aliphatic heterocycles. The molecule has 0 spiro atoms. The standard InChI is InChI=1S/C17H27FN2/c1-4-19-13(2)17-15(18)11-8-12-16(17)20(3)14-9-6-5-7-10-14/h8,11-14,19H,4-7,9-10H2,1-3H3. The fourth-order valence-electron chi connectivity index (χ4n) is 3.34. The highest BCUT2D eigenvalue weighted by Crippen LogP contribution is 2.32. The van der Waals surface area contributed by atoms with Crippen molar-refractivity contribution in [2.24, 2.45) is 0 Å². The van der Waals surface area contributed by atoms with E-state index in [0.717, 1.165) is 17.8 Å². The van der Waals surface area contributed by atoms with E-state index in [1.54, 1.807) is 6.07 Å². The lowest BCUT2D eigenvalue weighted by molar-refractivity contribution is 0.425. The highest BCUT2D eigenvalue weighted by molar-refractivity contribution is 5.55. The van der Waals surface area contributed by atoms with E-state index in [1.807, 2.05) is 13.0 Å². The molecule has 1 aromatic rings. The Labute approximate surface area is 122 Å². The second kappa shape index (κ2) is 7.07. The third-order valence-corrected chi connectivity index (χ3v) is 4.48. The van der Waals surface area contributed by atoms with E-state index in [0.29, 0.717) is 6.04 Å². The van der Waals surface area contributed by atoms with Crippen LogP contribution in [0.3, 0.4) is 0 Å². The van der Waals surface area contributed by atoms with Crippen LogP contribution in [0.4, 0.5) is 10.1 Å². The van der Waals surface area contributed by atoms with Crippen LogP contribution in [0.15, 0.2) is 18.2 Å². The lowest BCUT2D eigenvalue weighted by Gasteiger charge is -2.35. The summed E-state index contributed by atoms with van der Waals surface area (Å²) < 4.78 is 14.3. The normalized spacial score (nSPS) is 18.0. The van der Waals surface area contributed by atoms with Gasteiger partial charge in [-0.2, -0.15) is 0 Å². The first-order chi connectivity index (χ1) is 9.65. The number of hydrogen-bond acceptors (Lipinski definition) is 2. The Morgan fingerprint density at radius 3 is 2.65 bits per heavy atom. The number of halogens is 1. The third kappa shape index (κ3) is 3.32. The molecule has 0 radical (unpaired) electrons. The van der Waals surface area contributed by atoms with E-state index < -0.39 is 0 Å². The SMILES string of the molecule is CCNC(C)c1c(F)cccc1N(C)C1CCCCC1. The second-order valence-electron chi connectivity index (χ2n) is 5.85. The molecular weight excluding hydrogens is 251 g/mol. The van der Waals surface area contributed by atoms with E-state index in [-0.39, 0.29) is 11.9 Å². The fraction of sp³-hybridized carbons (Fsp3) is 0.647. The molecule has 20 heavy (non-hydrogen) atoms. The Kier molecular flexibility index (Phi) is 5.41. The van der Waals surface area contributed by atoms with Gasteiger partial charge in [-0.05, 0) is 38.4 Å². The van der Waals surface area contributed by atoms with Crippen LogP contribution in [-0.4, -0.2) is 19.6 Å². The van der Waals surface area contributed by atoms with E-state index in [1.165, 1.54) is 32.1 Å². The Hall–Kier alpha value is -1.09. The zero-order valence-corrected chi connectivity index (χ0v) is 13.0. The van der Waals surface area contributed by atoms with Gasteiger partial charge < -0.3 is 10.2 Å². The maximum absolute atomic E-state index is 14.3. The molecule has 3 heteroatoms. The molecule has 1 unspecified atom stereocenters. The molecule has 0 amide bonds. The first kappa shape index (κ1) is 15.3. The van der Waals surface area contributed by atoms with Crippen LogP contribution < -0.4 is 10.2 Å². The van der Waals surface area contributed by atoms with Crippen LogP contribution in [0.5, 0.6) is 0 Å². The number of benzene rings is 1. The van der Waals surface area contributed by atoms with E-state index >= 15 is 0 Å². The van der Waals surface area contributed by atoms with Crippen LogP contribution in [0.1, 0.15) is 57.6 Å². The quantitative estimate of drug-likeness (QED) is 0.865. The third-order valence-electron chi connectivity index (χ3n) is 4.48. The molecule has 1 fully saturated rings. The lowest BCUT2D eigenvalue weighted by atomic mass is 9.93. The highest BCUT2D eigenvalue weighted by Gasteiger charge is 2.23. The van der Waals surface area contributed by atoms with Gasteiger partial charge in [0, 0.05) is 30.4 Å². The average Bonchev–Trinajstić information content (AvgIpc) is 2.47. The van der Waals surface area contributed by atoms with Crippen molar-refractivity contribution in [3.05, 3.63) is 29.6 Å². The summed E-state index contributed by atoms with van der Waals surface area (Å²) >= 11 is 0. The van der Waals surface area contributed by atoms with Crippen molar-refractivity contribution in [1.29, 1.82) is 0 Å². The number of hydrogen-bond donors (Lipinski definition) is 1. The minimum atomic E-state index is -0.0985. The summed E-state index contributed by atoms with van der Waals surface area (Å²) in [5.41, 5.74) is 1.85. The predicted octanol–water partition coefficient (Wildman–Crippen LogP) is 4.27. The van der Waals surface area contributed by atoms with E-state index in [2.05, 4.69) is 30.3 Å². The van der Waals surface area contributed by atoms with Crippen molar-refractivity contribution in [2.75, 3.05) is 18.5 Å². The van der Waals surface area contributed by atoms with Gasteiger partial charge in [0.05, 0.1) is 0 Å². The van der Waals surface area contributed by atoms with Gasteiger partial charge in [0.2, 0.25) is 0 Å². The monoisotopic (exact) mass is 278 g/mol. The topological polar surface area (TPSA) is 15.3 Å². The fourth-order valence-corrected chi connectivity index (χ4v) is 3.34. The molecule has 1 atom stereocenters. The van der Waals surface area contributed by atoms with Gasteiger partial charge in [-0.3, -0.25) is 0 Å². The minimum Gasteiger partial charge on any atom is -0.371 e. The molecule has 0 bridgehead atoms. The van der Waals surface area contributed by atoms with Gasteiger partial charge in [-0.1, -0.05) is 32.3 Å². The summed E-state index contributed by atoms with van der Waals surface area (Å²) in [6, 6.07) is 6.05. The molecule has 0 saturated heterocycles. The maximum Gasteiger partial charge on any atom is 0.130 e. The zero-order valence-electron chi connectivity index (χ0n) is 13.0. The highest BCUT2D eigenvalue weighted by atomic mass is 19.1. The lowest BCUT2D eigenvalue weighted by Crippen LogP contribution is -2.35. The molecule has 1 saturated carbocycles. The smallest absolute Gasteiger partial charge is 0.130 e. The van der Waals surface area contributed by atoms with Crippen molar-refractivity contribution in [1.82, 2.24) is 5.32 Å². The van der Waals surface area contributed by atoms with Crippen molar-refractivity contribution in [3.8, 4) is 0 Å². The van der Waals surface area contributed by atoms with Crippen molar-refractivity contribution >= 4 is 5.69 Å². The molecule has 2 nitrogen and oxygen atoms in total.